The summed E-state index contributed by atoms with van der Waals surface area (Å²) in [6, 6.07) is 0. The predicted molar refractivity (Wildman–Crippen MR) is 82.7 cm³/mol. The standard InChI is InChI=1S/C16H27NO5/c1-18-7-6-15-13(9-20-3)12(8-19-2)14(10-21-4)16(17-15)11-22-5/h6-11H2,1-5H3. The van der Waals surface area contributed by atoms with Gasteiger partial charge in [-0.05, 0) is 5.56 Å². The van der Waals surface area contributed by atoms with E-state index in [1.54, 1.807) is 35.5 Å². The molecule has 1 rings (SSSR count). The number of ether oxygens (including phenoxy) is 5. The first-order valence-corrected chi connectivity index (χ1v) is 7.20. The molecule has 1 heterocycles. The molecular weight excluding hydrogens is 286 g/mol. The number of methoxy groups -OCH3 is 5. The maximum Gasteiger partial charge on any atom is 0.0888 e. The van der Waals surface area contributed by atoms with Crippen LogP contribution in [0.25, 0.3) is 0 Å². The van der Waals surface area contributed by atoms with Gasteiger partial charge >= 0.3 is 0 Å². The number of pyridine rings is 1. The lowest BCUT2D eigenvalue weighted by atomic mass is 9.98. The lowest BCUT2D eigenvalue weighted by Gasteiger charge is -2.20. The Bertz CT molecular complexity index is 451. The van der Waals surface area contributed by atoms with Crippen LogP contribution in [0.3, 0.4) is 0 Å². The first kappa shape index (κ1) is 19.0. The van der Waals surface area contributed by atoms with Gasteiger partial charge in [0.2, 0.25) is 0 Å². The monoisotopic (exact) mass is 313 g/mol. The Labute approximate surface area is 132 Å². The molecule has 126 valence electrons. The maximum atomic E-state index is 5.38. The molecular formula is C16H27NO5. The van der Waals surface area contributed by atoms with Gasteiger partial charge in [0.05, 0.1) is 38.7 Å². The van der Waals surface area contributed by atoms with E-state index in [2.05, 4.69) is 0 Å². The van der Waals surface area contributed by atoms with Crippen LogP contribution in [0.2, 0.25) is 0 Å². The van der Waals surface area contributed by atoms with Crippen LogP contribution in [0.4, 0.5) is 0 Å². The molecule has 0 aliphatic carbocycles. The zero-order valence-electron chi connectivity index (χ0n) is 14.2. The fraction of sp³-hybridized carbons (Fsp3) is 0.688. The Kier molecular flexibility index (Phi) is 9.19. The van der Waals surface area contributed by atoms with Crippen LogP contribution >= 0.6 is 0 Å². The smallest absolute Gasteiger partial charge is 0.0888 e. The van der Waals surface area contributed by atoms with E-state index in [1.807, 2.05) is 0 Å². The van der Waals surface area contributed by atoms with Crippen molar-refractivity contribution in [3.05, 3.63) is 28.1 Å². The Hall–Kier alpha value is -1.05. The summed E-state index contributed by atoms with van der Waals surface area (Å²) in [4.78, 5) is 4.76. The molecule has 0 aliphatic heterocycles. The van der Waals surface area contributed by atoms with Crippen molar-refractivity contribution in [2.45, 2.75) is 32.8 Å². The van der Waals surface area contributed by atoms with Crippen LogP contribution in [0.5, 0.6) is 0 Å². The van der Waals surface area contributed by atoms with E-state index in [0.29, 0.717) is 33.0 Å². The quantitative estimate of drug-likeness (QED) is 0.621. The molecule has 0 atom stereocenters. The molecule has 0 saturated heterocycles. The lowest BCUT2D eigenvalue weighted by molar-refractivity contribution is 0.149. The van der Waals surface area contributed by atoms with Crippen LogP contribution in [-0.2, 0) is 56.5 Å². The third-order valence-corrected chi connectivity index (χ3v) is 3.39. The molecule has 6 nitrogen and oxygen atoms in total. The minimum Gasteiger partial charge on any atom is -0.384 e. The van der Waals surface area contributed by atoms with E-state index < -0.39 is 0 Å². The summed E-state index contributed by atoms with van der Waals surface area (Å²) in [5, 5.41) is 0. The molecule has 0 bridgehead atoms. The average Bonchev–Trinajstić information content (AvgIpc) is 2.51. The van der Waals surface area contributed by atoms with Crippen LogP contribution in [0.1, 0.15) is 28.1 Å². The van der Waals surface area contributed by atoms with Gasteiger partial charge < -0.3 is 23.7 Å². The van der Waals surface area contributed by atoms with E-state index in [-0.39, 0.29) is 0 Å². The Morgan fingerprint density at radius 2 is 1.09 bits per heavy atom. The van der Waals surface area contributed by atoms with Gasteiger partial charge in [0.15, 0.2) is 0 Å². The highest BCUT2D eigenvalue weighted by Gasteiger charge is 2.19. The van der Waals surface area contributed by atoms with Gasteiger partial charge in [0.1, 0.15) is 0 Å². The summed E-state index contributed by atoms with van der Waals surface area (Å²) >= 11 is 0. The molecule has 1 aromatic rings. The Balaban J connectivity index is 3.41. The summed E-state index contributed by atoms with van der Waals surface area (Å²) in [5.74, 6) is 0. The molecule has 22 heavy (non-hydrogen) atoms. The Morgan fingerprint density at radius 3 is 1.59 bits per heavy atom. The van der Waals surface area contributed by atoms with Gasteiger partial charge in [0, 0.05) is 58.8 Å². The van der Waals surface area contributed by atoms with Crippen molar-refractivity contribution in [2.75, 3.05) is 42.2 Å². The fourth-order valence-electron chi connectivity index (χ4n) is 2.44. The molecule has 0 aromatic carbocycles. The van der Waals surface area contributed by atoms with Gasteiger partial charge in [-0.3, -0.25) is 4.98 Å². The summed E-state index contributed by atoms with van der Waals surface area (Å²) in [7, 11) is 8.36. The van der Waals surface area contributed by atoms with Crippen molar-refractivity contribution in [2.24, 2.45) is 0 Å². The summed E-state index contributed by atoms with van der Waals surface area (Å²) in [5.41, 5.74) is 4.97. The number of hydrogen-bond donors (Lipinski definition) is 0. The second-order valence-electron chi connectivity index (χ2n) is 4.92. The summed E-state index contributed by atoms with van der Waals surface area (Å²) < 4.78 is 26.6. The summed E-state index contributed by atoms with van der Waals surface area (Å²) in [6.07, 6.45) is 0.718. The first-order valence-electron chi connectivity index (χ1n) is 7.20. The zero-order chi connectivity index (χ0) is 16.4. The minimum atomic E-state index is 0.433. The second kappa shape index (κ2) is 10.6. The van der Waals surface area contributed by atoms with Gasteiger partial charge in [-0.2, -0.15) is 0 Å². The molecule has 0 N–H and O–H groups in total. The number of aromatic nitrogens is 1. The van der Waals surface area contributed by atoms with Crippen molar-refractivity contribution < 1.29 is 23.7 Å². The molecule has 0 radical (unpaired) electrons. The minimum absolute atomic E-state index is 0.433. The van der Waals surface area contributed by atoms with Gasteiger partial charge in [0.25, 0.3) is 0 Å². The van der Waals surface area contributed by atoms with E-state index in [4.69, 9.17) is 28.7 Å². The van der Waals surface area contributed by atoms with E-state index >= 15 is 0 Å². The summed E-state index contributed by atoms with van der Waals surface area (Å²) in [6.45, 7) is 2.46. The molecule has 1 aromatic heterocycles. The van der Waals surface area contributed by atoms with E-state index in [9.17, 15) is 0 Å². The highest BCUT2D eigenvalue weighted by Crippen LogP contribution is 2.25. The Morgan fingerprint density at radius 1 is 0.591 bits per heavy atom. The molecule has 0 aliphatic rings. The topological polar surface area (TPSA) is 59.0 Å². The second-order valence-corrected chi connectivity index (χ2v) is 4.92. The third-order valence-electron chi connectivity index (χ3n) is 3.39. The van der Waals surface area contributed by atoms with Gasteiger partial charge in [-0.1, -0.05) is 0 Å². The zero-order valence-corrected chi connectivity index (χ0v) is 14.2. The number of rotatable bonds is 11. The highest BCUT2D eigenvalue weighted by atomic mass is 16.5. The lowest BCUT2D eigenvalue weighted by Crippen LogP contribution is -2.15. The predicted octanol–water partition coefficient (Wildman–Crippen LogP) is 1.86. The molecule has 0 saturated carbocycles. The van der Waals surface area contributed by atoms with Crippen molar-refractivity contribution in [1.82, 2.24) is 4.98 Å². The van der Waals surface area contributed by atoms with Gasteiger partial charge in [-0.25, -0.2) is 0 Å². The maximum absolute atomic E-state index is 5.38. The van der Waals surface area contributed by atoms with Crippen LogP contribution in [-0.4, -0.2) is 47.1 Å². The van der Waals surface area contributed by atoms with E-state index in [0.717, 1.165) is 34.5 Å². The first-order chi connectivity index (χ1) is 10.7. The van der Waals surface area contributed by atoms with Crippen molar-refractivity contribution >= 4 is 0 Å². The molecule has 0 spiro atoms. The SMILES string of the molecule is COCCc1nc(COC)c(COC)c(COC)c1COC. The largest absolute Gasteiger partial charge is 0.384 e. The highest BCUT2D eigenvalue weighted by molar-refractivity contribution is 5.40. The number of hydrogen-bond acceptors (Lipinski definition) is 6. The van der Waals surface area contributed by atoms with Crippen LogP contribution in [0, 0.1) is 0 Å². The van der Waals surface area contributed by atoms with Crippen molar-refractivity contribution in [3.8, 4) is 0 Å². The third kappa shape index (κ3) is 5.00. The molecule has 0 fully saturated rings. The molecule has 0 amide bonds. The van der Waals surface area contributed by atoms with Crippen LogP contribution in [0.15, 0.2) is 0 Å². The van der Waals surface area contributed by atoms with Gasteiger partial charge in [-0.15, -0.1) is 0 Å². The van der Waals surface area contributed by atoms with E-state index in [1.165, 1.54) is 0 Å². The molecule has 6 heteroatoms. The average molecular weight is 313 g/mol. The molecule has 0 unspecified atom stereocenters. The fourth-order valence-corrected chi connectivity index (χ4v) is 2.44. The normalized spacial score (nSPS) is 11.1. The van der Waals surface area contributed by atoms with Crippen molar-refractivity contribution in [1.29, 1.82) is 0 Å². The number of nitrogens with zero attached hydrogens (tertiary/aromatic N) is 1. The van der Waals surface area contributed by atoms with Crippen molar-refractivity contribution in [3.63, 3.8) is 0 Å². The van der Waals surface area contributed by atoms with Crippen LogP contribution < -0.4 is 0 Å².